The van der Waals surface area contributed by atoms with Crippen molar-refractivity contribution < 1.29 is 4.79 Å². The summed E-state index contributed by atoms with van der Waals surface area (Å²) in [6.07, 6.45) is 1.87. The molecule has 1 amide bonds. The van der Waals surface area contributed by atoms with Gasteiger partial charge in [-0.05, 0) is 42.2 Å². The van der Waals surface area contributed by atoms with E-state index >= 15 is 0 Å². The molecule has 2 heterocycles. The number of carbonyl (C=O) groups is 1. The third-order valence-electron chi connectivity index (χ3n) is 5.60. The maximum absolute atomic E-state index is 13.0. The highest BCUT2D eigenvalue weighted by molar-refractivity contribution is 7.99. The van der Waals surface area contributed by atoms with Gasteiger partial charge in [-0.3, -0.25) is 4.79 Å². The Kier molecular flexibility index (Phi) is 5.28. The van der Waals surface area contributed by atoms with E-state index in [-0.39, 0.29) is 5.91 Å². The van der Waals surface area contributed by atoms with Crippen LogP contribution in [-0.2, 0) is 24.2 Å². The molecule has 5 rings (SSSR count). The molecule has 0 spiro atoms. The van der Waals surface area contributed by atoms with E-state index in [1.54, 1.807) is 0 Å². The largest absolute Gasteiger partial charge is 0.319 e. The first-order chi connectivity index (χ1) is 14.8. The molecule has 0 radical (unpaired) electrons. The van der Waals surface area contributed by atoms with E-state index in [4.69, 9.17) is 4.98 Å². The zero-order valence-corrected chi connectivity index (χ0v) is 17.5. The number of para-hydroxylation sites is 3. The number of imidazole rings is 1. The zero-order chi connectivity index (χ0) is 20.3. The molecule has 4 aromatic rings. The summed E-state index contributed by atoms with van der Waals surface area (Å²) >= 11 is 1.54. The SMILES string of the molecule is O=C(CSc1nc2ccccc2n1CCc1ccccc1)N1CCc2ccccc21. The van der Waals surface area contributed by atoms with Gasteiger partial charge < -0.3 is 9.47 Å². The van der Waals surface area contributed by atoms with Crippen LogP contribution in [0.15, 0.2) is 84.0 Å². The second-order valence-corrected chi connectivity index (χ2v) is 8.43. The molecule has 1 aliphatic rings. The summed E-state index contributed by atoms with van der Waals surface area (Å²) in [5.41, 5.74) is 5.71. The van der Waals surface area contributed by atoms with Crippen LogP contribution in [0.1, 0.15) is 11.1 Å². The van der Waals surface area contributed by atoms with Gasteiger partial charge in [0.25, 0.3) is 0 Å². The Morgan fingerprint density at radius 1 is 0.933 bits per heavy atom. The molecule has 4 nitrogen and oxygen atoms in total. The average Bonchev–Trinajstić information content (AvgIpc) is 3.38. The summed E-state index contributed by atoms with van der Waals surface area (Å²) < 4.78 is 2.25. The third-order valence-corrected chi connectivity index (χ3v) is 6.56. The van der Waals surface area contributed by atoms with Crippen molar-refractivity contribution in [2.45, 2.75) is 24.5 Å². The lowest BCUT2D eigenvalue weighted by Gasteiger charge is -2.17. The van der Waals surface area contributed by atoms with Crippen LogP contribution in [0.4, 0.5) is 5.69 Å². The number of fused-ring (bicyclic) bond motifs is 2. The van der Waals surface area contributed by atoms with E-state index in [9.17, 15) is 4.79 Å². The van der Waals surface area contributed by atoms with Gasteiger partial charge in [0.15, 0.2) is 5.16 Å². The lowest BCUT2D eigenvalue weighted by Crippen LogP contribution is -2.30. The molecule has 0 fully saturated rings. The maximum atomic E-state index is 13.0. The first-order valence-corrected chi connectivity index (χ1v) is 11.3. The van der Waals surface area contributed by atoms with E-state index in [0.717, 1.165) is 47.8 Å². The molecule has 150 valence electrons. The molecule has 5 heteroatoms. The molecule has 1 aromatic heterocycles. The second kappa shape index (κ2) is 8.36. The van der Waals surface area contributed by atoms with E-state index in [1.165, 1.54) is 22.9 Å². The normalized spacial score (nSPS) is 13.0. The van der Waals surface area contributed by atoms with Gasteiger partial charge in [0.05, 0.1) is 16.8 Å². The molecule has 0 saturated carbocycles. The number of thioether (sulfide) groups is 1. The number of aryl methyl sites for hydroxylation is 2. The van der Waals surface area contributed by atoms with Crippen molar-refractivity contribution in [2.75, 3.05) is 17.2 Å². The van der Waals surface area contributed by atoms with Crippen LogP contribution in [0.2, 0.25) is 0 Å². The predicted molar refractivity (Wildman–Crippen MR) is 123 cm³/mol. The quantitative estimate of drug-likeness (QED) is 0.419. The van der Waals surface area contributed by atoms with Crippen molar-refractivity contribution in [2.24, 2.45) is 0 Å². The number of nitrogens with zero attached hydrogens (tertiary/aromatic N) is 3. The number of anilines is 1. The Morgan fingerprint density at radius 3 is 2.60 bits per heavy atom. The molecule has 0 atom stereocenters. The molecular formula is C25H23N3OS. The number of amides is 1. The topological polar surface area (TPSA) is 38.1 Å². The number of aromatic nitrogens is 2. The maximum Gasteiger partial charge on any atom is 0.237 e. The third kappa shape index (κ3) is 3.73. The van der Waals surface area contributed by atoms with Gasteiger partial charge in [-0.15, -0.1) is 0 Å². The molecule has 0 unspecified atom stereocenters. The van der Waals surface area contributed by atoms with Crippen LogP contribution < -0.4 is 4.90 Å². The van der Waals surface area contributed by atoms with E-state index in [2.05, 4.69) is 41.0 Å². The molecule has 0 aliphatic carbocycles. The van der Waals surface area contributed by atoms with Crippen molar-refractivity contribution in [1.29, 1.82) is 0 Å². The Labute approximate surface area is 180 Å². The van der Waals surface area contributed by atoms with Gasteiger partial charge in [0.1, 0.15) is 0 Å². The van der Waals surface area contributed by atoms with Crippen LogP contribution in [0.3, 0.4) is 0 Å². The van der Waals surface area contributed by atoms with Gasteiger partial charge in [-0.2, -0.15) is 0 Å². The van der Waals surface area contributed by atoms with Gasteiger partial charge in [0.2, 0.25) is 5.91 Å². The van der Waals surface area contributed by atoms with E-state index in [0.29, 0.717) is 5.75 Å². The number of rotatable bonds is 6. The fourth-order valence-corrected chi connectivity index (χ4v) is 4.98. The Bertz CT molecular complexity index is 1190. The van der Waals surface area contributed by atoms with Crippen molar-refractivity contribution in [1.82, 2.24) is 9.55 Å². The summed E-state index contributed by atoms with van der Waals surface area (Å²) in [7, 11) is 0. The summed E-state index contributed by atoms with van der Waals surface area (Å²) in [5, 5.41) is 0.910. The average molecular weight is 414 g/mol. The summed E-state index contributed by atoms with van der Waals surface area (Å²) in [6, 6.07) is 26.9. The summed E-state index contributed by atoms with van der Waals surface area (Å²) in [5.74, 6) is 0.537. The van der Waals surface area contributed by atoms with E-state index < -0.39 is 0 Å². The van der Waals surface area contributed by atoms with Gasteiger partial charge in [0, 0.05) is 18.8 Å². The molecule has 0 N–H and O–H groups in total. The second-order valence-electron chi connectivity index (χ2n) is 7.48. The number of hydrogen-bond acceptors (Lipinski definition) is 3. The van der Waals surface area contributed by atoms with Crippen molar-refractivity contribution in [3.05, 3.63) is 90.0 Å². The van der Waals surface area contributed by atoms with Crippen LogP contribution in [-0.4, -0.2) is 27.8 Å². The first-order valence-electron chi connectivity index (χ1n) is 10.3. The standard InChI is InChI=1S/C25H23N3OS/c29-24(27-17-15-20-10-4-6-12-22(20)27)18-30-25-26-21-11-5-7-13-23(21)28(25)16-14-19-8-2-1-3-9-19/h1-13H,14-18H2. The smallest absolute Gasteiger partial charge is 0.237 e. The van der Waals surface area contributed by atoms with Crippen LogP contribution in [0.5, 0.6) is 0 Å². The number of benzene rings is 3. The molecular weight excluding hydrogens is 390 g/mol. The van der Waals surface area contributed by atoms with Crippen LogP contribution in [0.25, 0.3) is 11.0 Å². The highest BCUT2D eigenvalue weighted by Gasteiger charge is 2.24. The van der Waals surface area contributed by atoms with Crippen LogP contribution >= 0.6 is 11.8 Å². The van der Waals surface area contributed by atoms with Gasteiger partial charge in [-0.1, -0.05) is 72.4 Å². The van der Waals surface area contributed by atoms with Gasteiger partial charge >= 0.3 is 0 Å². The predicted octanol–water partition coefficient (Wildman–Crippen LogP) is 4.96. The lowest BCUT2D eigenvalue weighted by molar-refractivity contribution is -0.116. The summed E-state index contributed by atoms with van der Waals surface area (Å²) in [4.78, 5) is 19.7. The fourth-order valence-electron chi connectivity index (χ4n) is 4.07. The zero-order valence-electron chi connectivity index (χ0n) is 16.7. The minimum Gasteiger partial charge on any atom is -0.319 e. The van der Waals surface area contributed by atoms with Gasteiger partial charge in [-0.25, -0.2) is 4.98 Å². The van der Waals surface area contributed by atoms with Crippen molar-refractivity contribution >= 4 is 34.4 Å². The minimum absolute atomic E-state index is 0.145. The molecule has 30 heavy (non-hydrogen) atoms. The highest BCUT2D eigenvalue weighted by Crippen LogP contribution is 2.30. The monoisotopic (exact) mass is 413 g/mol. The molecule has 0 bridgehead atoms. The Balaban J connectivity index is 1.34. The first kappa shape index (κ1) is 18.9. The number of hydrogen-bond donors (Lipinski definition) is 0. The Hall–Kier alpha value is -3.05. The van der Waals surface area contributed by atoms with Crippen molar-refractivity contribution in [3.63, 3.8) is 0 Å². The number of carbonyl (C=O) groups excluding carboxylic acids is 1. The fraction of sp³-hybridized carbons (Fsp3) is 0.200. The highest BCUT2D eigenvalue weighted by atomic mass is 32.2. The van der Waals surface area contributed by atoms with Crippen LogP contribution in [0, 0.1) is 0 Å². The summed E-state index contributed by atoms with van der Waals surface area (Å²) in [6.45, 7) is 1.61. The molecule has 3 aromatic carbocycles. The van der Waals surface area contributed by atoms with E-state index in [1.807, 2.05) is 47.4 Å². The Morgan fingerprint density at radius 2 is 1.70 bits per heavy atom. The minimum atomic E-state index is 0.145. The molecule has 0 saturated heterocycles. The van der Waals surface area contributed by atoms with Crippen molar-refractivity contribution in [3.8, 4) is 0 Å². The molecule has 1 aliphatic heterocycles. The lowest BCUT2D eigenvalue weighted by atomic mass is 10.1.